The first-order valence-corrected chi connectivity index (χ1v) is 7.48. The maximum atomic E-state index is 10.8. The van der Waals surface area contributed by atoms with Crippen LogP contribution in [0.3, 0.4) is 0 Å². The molecule has 0 saturated heterocycles. The highest BCUT2D eigenvalue weighted by Crippen LogP contribution is 2.30. The summed E-state index contributed by atoms with van der Waals surface area (Å²) in [6.07, 6.45) is 1.72. The summed E-state index contributed by atoms with van der Waals surface area (Å²) < 4.78 is 0.929. The van der Waals surface area contributed by atoms with Crippen molar-refractivity contribution >= 4 is 45.3 Å². The van der Waals surface area contributed by atoms with Crippen LogP contribution >= 0.6 is 39.3 Å². The number of halogens is 2. The van der Waals surface area contributed by atoms with Crippen molar-refractivity contribution in [3.05, 3.63) is 57.2 Å². The molecule has 6 heteroatoms. The fraction of sp³-hybridized carbons (Fsp3) is 0.0769. The maximum absolute atomic E-state index is 10.8. The molecule has 1 N–H and O–H groups in total. The van der Waals surface area contributed by atoms with Gasteiger partial charge in [-0.1, -0.05) is 17.7 Å². The summed E-state index contributed by atoms with van der Waals surface area (Å²) in [6, 6.07) is 8.52. The number of aromatic carboxylic acids is 1. The predicted molar refractivity (Wildman–Crippen MR) is 79.9 cm³/mol. The van der Waals surface area contributed by atoms with E-state index in [0.717, 1.165) is 15.1 Å². The number of carboxylic acids is 1. The van der Waals surface area contributed by atoms with Gasteiger partial charge in [0, 0.05) is 21.4 Å². The molecule has 0 spiro atoms. The van der Waals surface area contributed by atoms with Gasteiger partial charge >= 0.3 is 5.97 Å². The molecular weight excluding hydrogens is 350 g/mol. The second kappa shape index (κ2) is 6.41. The Bertz CT molecular complexity index is 621. The van der Waals surface area contributed by atoms with E-state index in [-0.39, 0.29) is 5.56 Å². The molecule has 0 aliphatic rings. The Morgan fingerprint density at radius 3 is 2.84 bits per heavy atom. The third-order valence-electron chi connectivity index (χ3n) is 2.39. The second-order valence-corrected chi connectivity index (χ2v) is 5.92. The van der Waals surface area contributed by atoms with Crippen molar-refractivity contribution in [3.8, 4) is 0 Å². The van der Waals surface area contributed by atoms with Crippen molar-refractivity contribution in [2.24, 2.45) is 0 Å². The zero-order valence-electron chi connectivity index (χ0n) is 9.64. The zero-order valence-corrected chi connectivity index (χ0v) is 12.8. The lowest BCUT2D eigenvalue weighted by Gasteiger charge is -2.06. The van der Waals surface area contributed by atoms with E-state index in [1.54, 1.807) is 18.3 Å². The lowest BCUT2D eigenvalue weighted by Crippen LogP contribution is -1.96. The first-order chi connectivity index (χ1) is 9.08. The van der Waals surface area contributed by atoms with E-state index >= 15 is 0 Å². The standard InChI is InChI=1S/C13H9BrClNO2S/c14-10-2-1-5-16-12(10)19-7-9-4-3-8(13(17)18)6-11(9)15/h1-6H,7H2,(H,17,18). The molecule has 2 aromatic rings. The monoisotopic (exact) mass is 357 g/mol. The number of carbonyl (C=O) groups is 1. The number of hydrogen-bond donors (Lipinski definition) is 1. The molecule has 0 unspecified atom stereocenters. The van der Waals surface area contributed by atoms with Gasteiger partial charge in [0.15, 0.2) is 0 Å². The van der Waals surface area contributed by atoms with Crippen LogP contribution in [0.1, 0.15) is 15.9 Å². The van der Waals surface area contributed by atoms with E-state index in [0.29, 0.717) is 10.8 Å². The van der Waals surface area contributed by atoms with Gasteiger partial charge in [0.1, 0.15) is 5.03 Å². The number of thioether (sulfide) groups is 1. The minimum Gasteiger partial charge on any atom is -0.478 e. The minimum atomic E-state index is -0.978. The van der Waals surface area contributed by atoms with Crippen LogP contribution < -0.4 is 0 Å². The van der Waals surface area contributed by atoms with E-state index in [1.165, 1.54) is 17.8 Å². The van der Waals surface area contributed by atoms with Crippen LogP contribution in [0.15, 0.2) is 46.0 Å². The smallest absolute Gasteiger partial charge is 0.335 e. The molecule has 0 saturated carbocycles. The van der Waals surface area contributed by atoms with Crippen LogP contribution in [0.25, 0.3) is 0 Å². The number of benzene rings is 1. The Morgan fingerprint density at radius 1 is 1.42 bits per heavy atom. The van der Waals surface area contributed by atoms with Crippen LogP contribution in [0.2, 0.25) is 5.02 Å². The Labute approximate surface area is 128 Å². The zero-order chi connectivity index (χ0) is 13.8. The van der Waals surface area contributed by atoms with Crippen molar-refractivity contribution in [1.29, 1.82) is 0 Å². The molecule has 1 aromatic heterocycles. The van der Waals surface area contributed by atoms with Gasteiger partial charge in [-0.3, -0.25) is 0 Å². The Hall–Kier alpha value is -1.04. The van der Waals surface area contributed by atoms with Crippen LogP contribution in [0, 0.1) is 0 Å². The molecule has 19 heavy (non-hydrogen) atoms. The molecule has 1 aromatic carbocycles. The normalized spacial score (nSPS) is 10.4. The molecule has 0 fully saturated rings. The molecular formula is C13H9BrClNO2S. The first kappa shape index (κ1) is 14.4. The second-order valence-electron chi connectivity index (χ2n) is 3.69. The van der Waals surface area contributed by atoms with Gasteiger partial charge in [0.25, 0.3) is 0 Å². The summed E-state index contributed by atoms with van der Waals surface area (Å²) >= 11 is 11.0. The number of hydrogen-bond acceptors (Lipinski definition) is 3. The fourth-order valence-corrected chi connectivity index (χ4v) is 3.23. The SMILES string of the molecule is O=C(O)c1ccc(CSc2ncccc2Br)c(Cl)c1. The van der Waals surface area contributed by atoms with Gasteiger partial charge in [-0.2, -0.15) is 0 Å². The average Bonchev–Trinajstić information content (AvgIpc) is 2.39. The predicted octanol–water partition coefficient (Wildman–Crippen LogP) is 4.49. The molecule has 0 aliphatic heterocycles. The summed E-state index contributed by atoms with van der Waals surface area (Å²) in [4.78, 5) is 15.1. The van der Waals surface area contributed by atoms with Crippen molar-refractivity contribution in [2.45, 2.75) is 10.8 Å². The molecule has 98 valence electrons. The summed E-state index contributed by atoms with van der Waals surface area (Å²) in [5.41, 5.74) is 1.08. The number of rotatable bonds is 4. The first-order valence-electron chi connectivity index (χ1n) is 5.33. The summed E-state index contributed by atoms with van der Waals surface area (Å²) in [5.74, 6) is -0.345. The van der Waals surface area contributed by atoms with Crippen molar-refractivity contribution in [1.82, 2.24) is 4.98 Å². The molecule has 0 aliphatic carbocycles. The van der Waals surface area contributed by atoms with E-state index in [2.05, 4.69) is 20.9 Å². The molecule has 2 rings (SSSR count). The average molecular weight is 359 g/mol. The van der Waals surface area contributed by atoms with Crippen molar-refractivity contribution in [3.63, 3.8) is 0 Å². The Morgan fingerprint density at radius 2 is 2.21 bits per heavy atom. The highest BCUT2D eigenvalue weighted by molar-refractivity contribution is 9.10. The van der Waals surface area contributed by atoms with Crippen LogP contribution in [0.4, 0.5) is 0 Å². The van der Waals surface area contributed by atoms with E-state index in [9.17, 15) is 4.79 Å². The Kier molecular flexibility index (Phi) is 4.85. The third kappa shape index (κ3) is 3.72. The molecule has 0 radical (unpaired) electrons. The highest BCUT2D eigenvalue weighted by Gasteiger charge is 2.08. The third-order valence-corrected chi connectivity index (χ3v) is 4.70. The minimum absolute atomic E-state index is 0.192. The van der Waals surface area contributed by atoms with Crippen LogP contribution in [-0.4, -0.2) is 16.1 Å². The number of pyridine rings is 1. The van der Waals surface area contributed by atoms with Crippen molar-refractivity contribution < 1.29 is 9.90 Å². The van der Waals surface area contributed by atoms with Gasteiger partial charge in [-0.15, -0.1) is 11.8 Å². The summed E-state index contributed by atoms with van der Waals surface area (Å²) in [7, 11) is 0. The number of carboxylic acid groups (broad SMARTS) is 1. The molecule has 0 atom stereocenters. The topological polar surface area (TPSA) is 50.2 Å². The largest absolute Gasteiger partial charge is 0.478 e. The van der Waals surface area contributed by atoms with Gasteiger partial charge in [-0.05, 0) is 45.8 Å². The molecule has 0 amide bonds. The summed E-state index contributed by atoms with van der Waals surface area (Å²) in [6.45, 7) is 0. The molecule has 1 heterocycles. The van der Waals surface area contributed by atoms with Crippen molar-refractivity contribution in [2.75, 3.05) is 0 Å². The van der Waals surface area contributed by atoms with Gasteiger partial charge in [-0.25, -0.2) is 9.78 Å². The highest BCUT2D eigenvalue weighted by atomic mass is 79.9. The number of nitrogens with zero attached hydrogens (tertiary/aromatic N) is 1. The lowest BCUT2D eigenvalue weighted by atomic mass is 10.1. The van der Waals surface area contributed by atoms with Gasteiger partial charge < -0.3 is 5.11 Å². The number of aromatic nitrogens is 1. The van der Waals surface area contributed by atoms with Crippen LogP contribution in [0.5, 0.6) is 0 Å². The molecule has 3 nitrogen and oxygen atoms in total. The fourth-order valence-electron chi connectivity index (χ4n) is 1.42. The lowest BCUT2D eigenvalue weighted by molar-refractivity contribution is 0.0697. The van der Waals surface area contributed by atoms with Gasteiger partial charge in [0.05, 0.1) is 5.56 Å². The van der Waals surface area contributed by atoms with Crippen LogP contribution in [-0.2, 0) is 5.75 Å². The summed E-state index contributed by atoms with van der Waals surface area (Å²) in [5, 5.41) is 10.2. The Balaban J connectivity index is 2.12. The van der Waals surface area contributed by atoms with E-state index in [1.807, 2.05) is 12.1 Å². The van der Waals surface area contributed by atoms with E-state index in [4.69, 9.17) is 16.7 Å². The van der Waals surface area contributed by atoms with E-state index < -0.39 is 5.97 Å². The maximum Gasteiger partial charge on any atom is 0.335 e. The molecule has 0 bridgehead atoms. The van der Waals surface area contributed by atoms with Gasteiger partial charge in [0.2, 0.25) is 0 Å². The quantitative estimate of drug-likeness (QED) is 0.818.